The lowest BCUT2D eigenvalue weighted by Crippen LogP contribution is -1.96. The van der Waals surface area contributed by atoms with Crippen LogP contribution in [0.2, 0.25) is 0 Å². The molecule has 0 atom stereocenters. The maximum Gasteiger partial charge on any atom is 0.119 e. The Kier molecular flexibility index (Phi) is 5.72. The van der Waals surface area contributed by atoms with E-state index in [0.717, 1.165) is 61.1 Å². The molecule has 0 saturated heterocycles. The quantitative estimate of drug-likeness (QED) is 0.214. The van der Waals surface area contributed by atoms with Crippen molar-refractivity contribution < 1.29 is 4.74 Å². The third-order valence-corrected chi connectivity index (χ3v) is 8.43. The van der Waals surface area contributed by atoms with Crippen LogP contribution in [0.3, 0.4) is 0 Å². The van der Waals surface area contributed by atoms with Gasteiger partial charge in [0.15, 0.2) is 0 Å². The maximum atomic E-state index is 9.72. The smallest absolute Gasteiger partial charge is 0.119 e. The van der Waals surface area contributed by atoms with Crippen LogP contribution < -0.4 is 4.74 Å². The molecule has 5 heteroatoms. The summed E-state index contributed by atoms with van der Waals surface area (Å²) in [5.41, 5.74) is 9.18. The first kappa shape index (κ1) is 25.4. The largest absolute Gasteiger partial charge is 0.497 e. The van der Waals surface area contributed by atoms with E-state index in [0.29, 0.717) is 11.1 Å². The molecule has 0 N–H and O–H groups in total. The highest BCUT2D eigenvalue weighted by Gasteiger charge is 2.19. The molecule has 6 aromatic carbocycles. The van der Waals surface area contributed by atoms with Gasteiger partial charge >= 0.3 is 0 Å². The van der Waals surface area contributed by atoms with Gasteiger partial charge in [0.05, 0.1) is 52.4 Å². The topological polar surface area (TPSA) is 66.7 Å². The van der Waals surface area contributed by atoms with Gasteiger partial charge < -0.3 is 13.9 Å². The third-order valence-electron chi connectivity index (χ3n) is 8.43. The minimum Gasteiger partial charge on any atom is -0.497 e. The van der Waals surface area contributed by atoms with Crippen LogP contribution in [0.4, 0.5) is 0 Å². The number of benzene rings is 6. The minimum atomic E-state index is 0.443. The number of hydrogen-bond acceptors (Lipinski definition) is 3. The predicted molar refractivity (Wildman–Crippen MR) is 177 cm³/mol. The van der Waals surface area contributed by atoms with Crippen LogP contribution in [-0.4, -0.2) is 16.2 Å². The van der Waals surface area contributed by atoms with Gasteiger partial charge in [-0.25, -0.2) is 0 Å². The van der Waals surface area contributed by atoms with Gasteiger partial charge in [-0.2, -0.15) is 10.5 Å². The van der Waals surface area contributed by atoms with Gasteiger partial charge in [-0.15, -0.1) is 0 Å². The van der Waals surface area contributed by atoms with Crippen LogP contribution in [0.15, 0.2) is 127 Å². The number of nitrogens with zero attached hydrogens (tertiary/aromatic N) is 4. The zero-order chi connectivity index (χ0) is 29.8. The van der Waals surface area contributed by atoms with Crippen LogP contribution in [-0.2, 0) is 0 Å². The van der Waals surface area contributed by atoms with Crippen LogP contribution in [0, 0.1) is 22.7 Å². The van der Waals surface area contributed by atoms with E-state index < -0.39 is 0 Å². The number of rotatable bonds is 4. The molecule has 5 nitrogen and oxygen atoms in total. The summed E-state index contributed by atoms with van der Waals surface area (Å²) < 4.78 is 10.1. The molecule has 0 fully saturated rings. The van der Waals surface area contributed by atoms with Crippen molar-refractivity contribution in [3.8, 4) is 40.4 Å². The van der Waals surface area contributed by atoms with Crippen molar-refractivity contribution in [2.45, 2.75) is 0 Å². The molecule has 0 amide bonds. The fourth-order valence-electron chi connectivity index (χ4n) is 6.56. The number of fused-ring (bicyclic) bond motifs is 6. The standard InChI is InChI=1S/C39H24N4O/c1-44-30-15-17-36-34(22-30)39-31(11-7-13-37(39)43(36)29-19-25(23-40)18-26(20-29)24-41)27-14-16-33-32-10-5-6-12-35(32)42(38(33)21-27)28-8-3-2-4-9-28/h2-22H,1H3. The number of aromatic nitrogens is 2. The Hall–Kier alpha value is -6.30. The zero-order valence-corrected chi connectivity index (χ0v) is 23.8. The molecule has 0 aliphatic rings. The molecule has 8 aromatic rings. The summed E-state index contributed by atoms with van der Waals surface area (Å²) >= 11 is 0. The minimum absolute atomic E-state index is 0.443. The van der Waals surface area contributed by atoms with Gasteiger partial charge in [-0.05, 0) is 77.9 Å². The lowest BCUT2D eigenvalue weighted by Gasteiger charge is -2.11. The van der Waals surface area contributed by atoms with Gasteiger partial charge in [0.25, 0.3) is 0 Å². The van der Waals surface area contributed by atoms with Crippen molar-refractivity contribution in [1.82, 2.24) is 9.13 Å². The molecular weight excluding hydrogens is 540 g/mol. The van der Waals surface area contributed by atoms with E-state index in [9.17, 15) is 10.5 Å². The van der Waals surface area contributed by atoms with Crippen molar-refractivity contribution in [3.05, 3.63) is 139 Å². The summed E-state index contributed by atoms with van der Waals surface area (Å²) in [6.07, 6.45) is 0. The summed E-state index contributed by atoms with van der Waals surface area (Å²) in [7, 11) is 1.67. The molecule has 44 heavy (non-hydrogen) atoms. The number of nitriles is 2. The van der Waals surface area contributed by atoms with Crippen LogP contribution in [0.1, 0.15) is 11.1 Å². The lowest BCUT2D eigenvalue weighted by atomic mass is 9.98. The first-order valence-electron chi connectivity index (χ1n) is 14.3. The summed E-state index contributed by atoms with van der Waals surface area (Å²) in [6.45, 7) is 0. The highest BCUT2D eigenvalue weighted by molar-refractivity contribution is 6.17. The number of ether oxygens (including phenoxy) is 1. The molecule has 0 radical (unpaired) electrons. The van der Waals surface area contributed by atoms with E-state index in [-0.39, 0.29) is 0 Å². The average Bonchev–Trinajstić information content (AvgIpc) is 3.60. The Labute approximate surface area is 253 Å². The Balaban J connectivity index is 1.46. The second-order valence-corrected chi connectivity index (χ2v) is 10.8. The summed E-state index contributed by atoms with van der Waals surface area (Å²) in [5, 5.41) is 24.0. The normalized spacial score (nSPS) is 11.2. The van der Waals surface area contributed by atoms with Crippen molar-refractivity contribution in [2.75, 3.05) is 7.11 Å². The fraction of sp³-hybridized carbons (Fsp3) is 0.0256. The molecule has 0 spiro atoms. The predicted octanol–water partition coefficient (Wildman–Crippen LogP) is 9.30. The highest BCUT2D eigenvalue weighted by Crippen LogP contribution is 2.42. The van der Waals surface area contributed by atoms with Gasteiger partial charge in [0, 0.05) is 32.9 Å². The third kappa shape index (κ3) is 3.78. The van der Waals surface area contributed by atoms with E-state index in [4.69, 9.17) is 4.74 Å². The summed E-state index contributed by atoms with van der Waals surface area (Å²) in [5.74, 6) is 0.759. The molecule has 0 bridgehead atoms. The second kappa shape index (κ2) is 9.91. The van der Waals surface area contributed by atoms with Gasteiger partial charge in [-0.3, -0.25) is 0 Å². The highest BCUT2D eigenvalue weighted by atomic mass is 16.5. The first-order chi connectivity index (χ1) is 21.7. The van der Waals surface area contributed by atoms with Crippen molar-refractivity contribution in [3.63, 3.8) is 0 Å². The number of hydrogen-bond donors (Lipinski definition) is 0. The Bertz CT molecular complexity index is 2470. The van der Waals surface area contributed by atoms with Crippen LogP contribution in [0.25, 0.3) is 66.1 Å². The molecule has 2 aromatic heterocycles. The van der Waals surface area contributed by atoms with E-state index in [2.05, 4.69) is 112 Å². The van der Waals surface area contributed by atoms with Crippen molar-refractivity contribution in [1.29, 1.82) is 10.5 Å². The van der Waals surface area contributed by atoms with E-state index in [1.165, 1.54) is 10.8 Å². The van der Waals surface area contributed by atoms with Crippen LogP contribution >= 0.6 is 0 Å². The molecule has 206 valence electrons. The second-order valence-electron chi connectivity index (χ2n) is 10.8. The molecule has 0 aliphatic carbocycles. The molecular formula is C39H24N4O. The molecule has 0 saturated carbocycles. The van der Waals surface area contributed by atoms with Crippen molar-refractivity contribution in [2.24, 2.45) is 0 Å². The fourth-order valence-corrected chi connectivity index (χ4v) is 6.56. The summed E-state index contributed by atoms with van der Waals surface area (Å²) in [4.78, 5) is 0. The van der Waals surface area contributed by atoms with Gasteiger partial charge in [0.2, 0.25) is 0 Å². The Morgan fingerprint density at radius 2 is 1.20 bits per heavy atom. The van der Waals surface area contributed by atoms with Crippen molar-refractivity contribution >= 4 is 43.6 Å². The number of para-hydroxylation sites is 2. The Morgan fingerprint density at radius 3 is 1.98 bits per heavy atom. The van der Waals surface area contributed by atoms with E-state index in [1.54, 1.807) is 13.2 Å². The zero-order valence-electron chi connectivity index (χ0n) is 23.8. The number of methoxy groups -OCH3 is 1. The first-order valence-corrected chi connectivity index (χ1v) is 14.3. The Morgan fingerprint density at radius 1 is 0.523 bits per heavy atom. The van der Waals surface area contributed by atoms with E-state index in [1.807, 2.05) is 30.3 Å². The van der Waals surface area contributed by atoms with Gasteiger partial charge in [0.1, 0.15) is 5.75 Å². The maximum absolute atomic E-state index is 9.72. The monoisotopic (exact) mass is 564 g/mol. The SMILES string of the molecule is COc1ccc2c(c1)c1c(-c3ccc4c5ccccc5n(-c5ccccc5)c4c3)cccc1n2-c1cc(C#N)cc(C#N)c1. The molecule has 2 heterocycles. The molecule has 8 rings (SSSR count). The average molecular weight is 565 g/mol. The molecule has 0 unspecified atom stereocenters. The van der Waals surface area contributed by atoms with Gasteiger partial charge in [-0.1, -0.05) is 60.7 Å². The molecule has 0 aliphatic heterocycles. The van der Waals surface area contributed by atoms with Crippen LogP contribution in [0.5, 0.6) is 5.75 Å². The van der Waals surface area contributed by atoms with E-state index >= 15 is 0 Å². The lowest BCUT2D eigenvalue weighted by molar-refractivity contribution is 0.415. The summed E-state index contributed by atoms with van der Waals surface area (Å²) in [6, 6.07) is 47.8.